The molecule has 0 bridgehead atoms. The van der Waals surface area contributed by atoms with Crippen molar-refractivity contribution >= 4 is 17.5 Å². The van der Waals surface area contributed by atoms with Crippen LogP contribution in [0.25, 0.3) is 5.57 Å². The molecule has 0 radical (unpaired) electrons. The molecule has 1 fully saturated rings. The Bertz CT molecular complexity index is 568. The molecule has 21 heavy (non-hydrogen) atoms. The van der Waals surface area contributed by atoms with Crippen LogP contribution >= 0.6 is 0 Å². The third kappa shape index (κ3) is 2.79. The van der Waals surface area contributed by atoms with Gasteiger partial charge in [-0.05, 0) is 18.9 Å². The molecule has 2 rings (SSSR count). The van der Waals surface area contributed by atoms with Gasteiger partial charge in [0.1, 0.15) is 0 Å². The monoisotopic (exact) mass is 292 g/mol. The highest BCUT2D eigenvalue weighted by Crippen LogP contribution is 2.34. The predicted octanol–water partition coefficient (Wildman–Crippen LogP) is 1.86. The number of carbonyl (C=O) groups is 2. The van der Waals surface area contributed by atoms with Crippen molar-refractivity contribution in [3.8, 4) is 0 Å². The van der Waals surface area contributed by atoms with Gasteiger partial charge in [-0.3, -0.25) is 0 Å². The molecule has 0 unspecified atom stereocenters. The van der Waals surface area contributed by atoms with Gasteiger partial charge in [-0.15, -0.1) is 0 Å². The highest BCUT2D eigenvalue weighted by atomic mass is 16.5. The van der Waals surface area contributed by atoms with Gasteiger partial charge in [-0.25, -0.2) is 9.59 Å². The number of rotatable bonds is 4. The van der Waals surface area contributed by atoms with E-state index in [1.807, 2.05) is 10.8 Å². The minimum absolute atomic E-state index is 0.176. The first-order valence-corrected chi connectivity index (χ1v) is 6.93. The average molecular weight is 292 g/mol. The zero-order valence-electron chi connectivity index (χ0n) is 12.3. The highest BCUT2D eigenvalue weighted by molar-refractivity contribution is 6.18. The Balaban J connectivity index is 2.54. The Labute approximate surface area is 123 Å². The third-order valence-corrected chi connectivity index (χ3v) is 3.87. The maximum absolute atomic E-state index is 11.9. The quantitative estimate of drug-likeness (QED) is 0.676. The summed E-state index contributed by atoms with van der Waals surface area (Å²) < 4.78 is 11.5. The standard InChI is InChI=1S/C15H20N2O4/c1-20-14(18)11-7-8-17(10-5-3-4-6-10)13(11)12(9-16)15(19)21-2/h7-10H,3-6,16H2,1-2H3/b12-9-. The Morgan fingerprint density at radius 3 is 2.48 bits per heavy atom. The second kappa shape index (κ2) is 6.47. The van der Waals surface area contributed by atoms with Crippen molar-refractivity contribution in [2.45, 2.75) is 31.7 Å². The summed E-state index contributed by atoms with van der Waals surface area (Å²) in [5.74, 6) is -1.06. The second-order valence-electron chi connectivity index (χ2n) is 4.99. The van der Waals surface area contributed by atoms with E-state index in [0.717, 1.165) is 25.7 Å². The van der Waals surface area contributed by atoms with E-state index in [9.17, 15) is 9.59 Å². The number of nitrogens with zero attached hydrogens (tertiary/aromatic N) is 1. The molecule has 1 aliphatic carbocycles. The molecule has 2 N–H and O–H groups in total. The van der Waals surface area contributed by atoms with Gasteiger partial charge in [-0.2, -0.15) is 0 Å². The van der Waals surface area contributed by atoms with Crippen LogP contribution in [0, 0.1) is 0 Å². The maximum Gasteiger partial charge on any atom is 0.341 e. The van der Waals surface area contributed by atoms with Crippen molar-refractivity contribution in [3.63, 3.8) is 0 Å². The van der Waals surface area contributed by atoms with Crippen molar-refractivity contribution < 1.29 is 19.1 Å². The minimum atomic E-state index is -0.569. The third-order valence-electron chi connectivity index (χ3n) is 3.87. The fourth-order valence-corrected chi connectivity index (χ4v) is 2.85. The van der Waals surface area contributed by atoms with E-state index < -0.39 is 11.9 Å². The molecule has 6 heteroatoms. The van der Waals surface area contributed by atoms with E-state index in [1.54, 1.807) is 6.07 Å². The summed E-state index contributed by atoms with van der Waals surface area (Å²) >= 11 is 0. The Kier molecular flexibility index (Phi) is 4.67. The first-order chi connectivity index (χ1) is 10.1. The molecule has 0 amide bonds. The smallest absolute Gasteiger partial charge is 0.341 e. The largest absolute Gasteiger partial charge is 0.465 e. The Morgan fingerprint density at radius 2 is 1.95 bits per heavy atom. The zero-order chi connectivity index (χ0) is 15.4. The van der Waals surface area contributed by atoms with Crippen molar-refractivity contribution in [3.05, 3.63) is 29.7 Å². The molecule has 0 atom stereocenters. The lowest BCUT2D eigenvalue weighted by Crippen LogP contribution is -2.16. The SMILES string of the molecule is COC(=O)/C(=C\N)c1c(C(=O)OC)ccn1C1CCCC1. The number of carbonyl (C=O) groups excluding carboxylic acids is 2. The summed E-state index contributed by atoms with van der Waals surface area (Å²) in [5, 5.41) is 0. The lowest BCUT2D eigenvalue weighted by atomic mass is 10.1. The number of ether oxygens (including phenoxy) is 2. The Hall–Kier alpha value is -2.24. The number of nitrogens with two attached hydrogens (primary N) is 1. The van der Waals surface area contributed by atoms with E-state index in [0.29, 0.717) is 11.3 Å². The van der Waals surface area contributed by atoms with E-state index in [4.69, 9.17) is 15.2 Å². The van der Waals surface area contributed by atoms with E-state index in [-0.39, 0.29) is 11.6 Å². The lowest BCUT2D eigenvalue weighted by molar-refractivity contribution is -0.133. The number of aromatic nitrogens is 1. The van der Waals surface area contributed by atoms with Crippen molar-refractivity contribution in [1.29, 1.82) is 0 Å². The molecule has 1 aromatic heterocycles. The number of esters is 2. The number of methoxy groups -OCH3 is 2. The van der Waals surface area contributed by atoms with Crippen LogP contribution in [0.1, 0.15) is 47.8 Å². The topological polar surface area (TPSA) is 83.6 Å². The van der Waals surface area contributed by atoms with Crippen LogP contribution in [0.3, 0.4) is 0 Å². The zero-order valence-corrected chi connectivity index (χ0v) is 12.3. The molecule has 0 saturated heterocycles. The summed E-state index contributed by atoms with van der Waals surface area (Å²) in [6.07, 6.45) is 7.29. The molecule has 1 saturated carbocycles. The van der Waals surface area contributed by atoms with E-state index >= 15 is 0 Å². The van der Waals surface area contributed by atoms with E-state index in [1.165, 1.54) is 20.4 Å². The molecule has 1 heterocycles. The molecule has 6 nitrogen and oxygen atoms in total. The molecule has 0 aromatic carbocycles. The van der Waals surface area contributed by atoms with Crippen LogP contribution in [-0.2, 0) is 14.3 Å². The highest BCUT2D eigenvalue weighted by Gasteiger charge is 2.28. The van der Waals surface area contributed by atoms with Gasteiger partial charge in [0.15, 0.2) is 0 Å². The summed E-state index contributed by atoms with van der Waals surface area (Å²) in [7, 11) is 2.59. The van der Waals surface area contributed by atoms with Crippen LogP contribution in [0.2, 0.25) is 0 Å². The molecule has 0 spiro atoms. The summed E-state index contributed by atoms with van der Waals surface area (Å²) in [5.41, 5.74) is 6.57. The van der Waals surface area contributed by atoms with Gasteiger partial charge in [0.05, 0.1) is 31.1 Å². The average Bonchev–Trinajstić information content (AvgIpc) is 3.16. The first kappa shape index (κ1) is 15.2. The van der Waals surface area contributed by atoms with Gasteiger partial charge in [0.25, 0.3) is 0 Å². The van der Waals surface area contributed by atoms with Gasteiger partial charge >= 0.3 is 11.9 Å². The van der Waals surface area contributed by atoms with Crippen LogP contribution in [0.4, 0.5) is 0 Å². The number of hydrogen-bond acceptors (Lipinski definition) is 5. The molecule has 1 aliphatic rings. The van der Waals surface area contributed by atoms with Crippen LogP contribution < -0.4 is 5.73 Å². The molecular weight excluding hydrogens is 272 g/mol. The van der Waals surface area contributed by atoms with Gasteiger partial charge in [-0.1, -0.05) is 12.8 Å². The number of hydrogen-bond donors (Lipinski definition) is 1. The molecular formula is C15H20N2O4. The van der Waals surface area contributed by atoms with E-state index in [2.05, 4.69) is 0 Å². The maximum atomic E-state index is 11.9. The summed E-state index contributed by atoms with van der Waals surface area (Å²) in [4.78, 5) is 23.9. The predicted molar refractivity (Wildman–Crippen MR) is 77.5 cm³/mol. The minimum Gasteiger partial charge on any atom is -0.465 e. The molecule has 114 valence electrons. The summed E-state index contributed by atoms with van der Waals surface area (Å²) in [6, 6.07) is 1.92. The molecule has 1 aromatic rings. The van der Waals surface area contributed by atoms with Crippen molar-refractivity contribution in [1.82, 2.24) is 4.57 Å². The van der Waals surface area contributed by atoms with Crippen LogP contribution in [-0.4, -0.2) is 30.7 Å². The summed E-state index contributed by atoms with van der Waals surface area (Å²) in [6.45, 7) is 0. The Morgan fingerprint density at radius 1 is 1.29 bits per heavy atom. The van der Waals surface area contributed by atoms with Crippen LogP contribution in [0.5, 0.6) is 0 Å². The fourth-order valence-electron chi connectivity index (χ4n) is 2.85. The van der Waals surface area contributed by atoms with Gasteiger partial charge in [0, 0.05) is 18.4 Å². The van der Waals surface area contributed by atoms with Crippen LogP contribution in [0.15, 0.2) is 18.5 Å². The first-order valence-electron chi connectivity index (χ1n) is 6.93. The van der Waals surface area contributed by atoms with Gasteiger partial charge in [0.2, 0.25) is 0 Å². The normalized spacial score (nSPS) is 16.0. The lowest BCUT2D eigenvalue weighted by Gasteiger charge is -2.18. The second-order valence-corrected chi connectivity index (χ2v) is 4.99. The molecule has 0 aliphatic heterocycles. The fraction of sp³-hybridized carbons (Fsp3) is 0.467. The van der Waals surface area contributed by atoms with Crippen molar-refractivity contribution in [2.24, 2.45) is 5.73 Å². The van der Waals surface area contributed by atoms with Gasteiger partial charge < -0.3 is 19.8 Å². The van der Waals surface area contributed by atoms with Crippen molar-refractivity contribution in [2.75, 3.05) is 14.2 Å².